The van der Waals surface area contributed by atoms with Crippen LogP contribution in [0.1, 0.15) is 43.1 Å². The number of carbonyl (C=O) groups excluding carboxylic acids is 1. The van der Waals surface area contributed by atoms with E-state index in [0.29, 0.717) is 19.0 Å². The van der Waals surface area contributed by atoms with Crippen molar-refractivity contribution >= 4 is 17.8 Å². The quantitative estimate of drug-likeness (QED) is 0.526. The van der Waals surface area contributed by atoms with Crippen LogP contribution in [0, 0.1) is 5.92 Å². The minimum Gasteiger partial charge on any atom is -0.338 e. The predicted octanol–water partition coefficient (Wildman–Crippen LogP) is 5.86. The number of carbonyl (C=O) groups is 1. The highest BCUT2D eigenvalue weighted by atomic mass is 32.2. The number of hydrogen-bond donors (Lipinski definition) is 1. The van der Waals surface area contributed by atoms with Gasteiger partial charge in [0.15, 0.2) is 0 Å². The van der Waals surface area contributed by atoms with Crippen LogP contribution in [0.2, 0.25) is 0 Å². The Balaban J connectivity index is 1.77. The maximum atomic E-state index is 13.4. The van der Waals surface area contributed by atoms with Crippen LogP contribution >= 0.6 is 11.8 Å². The van der Waals surface area contributed by atoms with Gasteiger partial charge in [-0.2, -0.15) is 0 Å². The Kier molecular flexibility index (Phi) is 6.18. The molecular weight excluding hydrogens is 390 g/mol. The highest BCUT2D eigenvalue weighted by Gasteiger charge is 2.32. The standard InChI is InChI=1S/C25H29N3OS/c1-18(2)14-15-26-25(29)28-17-20-7-4-5-8-22(20)27-16-6-9-23(27)24(28)19-10-12-21(30-3)13-11-19/h4-13,16,18,24H,14-15,17H2,1-3H3,(H,26,29). The largest absolute Gasteiger partial charge is 0.338 e. The third-order valence-corrected chi connectivity index (χ3v) is 6.40. The lowest BCUT2D eigenvalue weighted by Gasteiger charge is -2.31. The number of benzene rings is 2. The molecule has 2 heterocycles. The normalized spacial score (nSPS) is 15.5. The molecule has 1 N–H and O–H groups in total. The van der Waals surface area contributed by atoms with Gasteiger partial charge in [0.2, 0.25) is 0 Å². The first-order chi connectivity index (χ1) is 14.6. The predicted molar refractivity (Wildman–Crippen MR) is 124 cm³/mol. The summed E-state index contributed by atoms with van der Waals surface area (Å²) in [5, 5.41) is 3.16. The van der Waals surface area contributed by atoms with Crippen LogP contribution in [0.15, 0.2) is 71.8 Å². The lowest BCUT2D eigenvalue weighted by molar-refractivity contribution is 0.180. The first-order valence-electron chi connectivity index (χ1n) is 10.5. The minimum absolute atomic E-state index is 0.0148. The Bertz CT molecular complexity index is 1010. The molecule has 156 valence electrons. The van der Waals surface area contributed by atoms with Gasteiger partial charge in [-0.15, -0.1) is 11.8 Å². The molecule has 0 saturated carbocycles. The van der Waals surface area contributed by atoms with Gasteiger partial charge in [-0.3, -0.25) is 0 Å². The van der Waals surface area contributed by atoms with E-state index in [1.54, 1.807) is 11.8 Å². The molecule has 1 unspecified atom stereocenters. The number of hydrogen-bond acceptors (Lipinski definition) is 2. The second-order valence-corrected chi connectivity index (χ2v) is 9.03. The van der Waals surface area contributed by atoms with Crippen LogP contribution in [0.3, 0.4) is 0 Å². The molecule has 4 rings (SSSR count). The van der Waals surface area contributed by atoms with Gasteiger partial charge in [0.25, 0.3) is 0 Å². The Morgan fingerprint density at radius 2 is 1.87 bits per heavy atom. The third kappa shape index (κ3) is 4.12. The van der Waals surface area contributed by atoms with Crippen LogP contribution in [0.4, 0.5) is 4.79 Å². The summed E-state index contributed by atoms with van der Waals surface area (Å²) in [6.45, 7) is 5.61. The number of fused-ring (bicyclic) bond motifs is 3. The van der Waals surface area contributed by atoms with Crippen LogP contribution in [-0.2, 0) is 6.54 Å². The molecule has 0 aliphatic carbocycles. The number of amides is 2. The molecule has 1 atom stereocenters. The van der Waals surface area contributed by atoms with Gasteiger partial charge in [-0.05, 0) is 60.1 Å². The number of nitrogens with one attached hydrogen (secondary N) is 1. The summed E-state index contributed by atoms with van der Waals surface area (Å²) >= 11 is 1.73. The van der Waals surface area contributed by atoms with Crippen LogP contribution in [-0.4, -0.2) is 28.3 Å². The second-order valence-electron chi connectivity index (χ2n) is 8.15. The lowest BCUT2D eigenvalue weighted by Crippen LogP contribution is -2.42. The average Bonchev–Trinajstić information content (AvgIpc) is 3.18. The Morgan fingerprint density at radius 3 is 2.60 bits per heavy atom. The molecular formula is C25H29N3OS. The highest BCUT2D eigenvalue weighted by molar-refractivity contribution is 7.98. The average molecular weight is 420 g/mol. The van der Waals surface area contributed by atoms with Crippen LogP contribution < -0.4 is 5.32 Å². The van der Waals surface area contributed by atoms with E-state index in [1.807, 2.05) is 11.0 Å². The molecule has 1 aliphatic heterocycles. The summed E-state index contributed by atoms with van der Waals surface area (Å²) in [4.78, 5) is 16.6. The number of aromatic nitrogens is 1. The lowest BCUT2D eigenvalue weighted by atomic mass is 10.0. The van der Waals surface area contributed by atoms with Crippen molar-refractivity contribution in [3.05, 3.63) is 83.7 Å². The van der Waals surface area contributed by atoms with Gasteiger partial charge in [0, 0.05) is 23.3 Å². The van der Waals surface area contributed by atoms with E-state index in [9.17, 15) is 4.79 Å². The SMILES string of the molecule is CSc1ccc(C2c3cccn3-c3ccccc3CN2C(=O)NCCC(C)C)cc1. The van der Waals surface area contributed by atoms with E-state index in [-0.39, 0.29) is 12.1 Å². The molecule has 0 fully saturated rings. The number of nitrogens with zero attached hydrogens (tertiary/aromatic N) is 2. The van der Waals surface area contributed by atoms with Crippen LogP contribution in [0.25, 0.3) is 5.69 Å². The number of para-hydroxylation sites is 1. The third-order valence-electron chi connectivity index (χ3n) is 5.65. The van der Waals surface area contributed by atoms with Gasteiger partial charge in [-0.25, -0.2) is 4.79 Å². The van der Waals surface area contributed by atoms with Crippen LogP contribution in [0.5, 0.6) is 0 Å². The summed E-state index contributed by atoms with van der Waals surface area (Å²) in [6, 6.07) is 21.0. The maximum Gasteiger partial charge on any atom is 0.318 e. The van der Waals surface area contributed by atoms with E-state index in [0.717, 1.165) is 28.9 Å². The molecule has 2 amide bonds. The fraction of sp³-hybridized carbons (Fsp3) is 0.320. The molecule has 1 aliphatic rings. The summed E-state index contributed by atoms with van der Waals surface area (Å²) in [7, 11) is 0. The molecule has 0 bridgehead atoms. The molecule has 1 aromatic heterocycles. The van der Waals surface area contributed by atoms with Crippen molar-refractivity contribution in [3.63, 3.8) is 0 Å². The van der Waals surface area contributed by atoms with Crippen molar-refractivity contribution in [1.29, 1.82) is 0 Å². The summed E-state index contributed by atoms with van der Waals surface area (Å²) in [5.74, 6) is 0.558. The van der Waals surface area contributed by atoms with Crippen molar-refractivity contribution < 1.29 is 4.79 Å². The Labute approximate surface area is 183 Å². The highest BCUT2D eigenvalue weighted by Crippen LogP contribution is 2.37. The second kappa shape index (κ2) is 9.00. The zero-order valence-corrected chi connectivity index (χ0v) is 18.7. The molecule has 3 aromatic rings. The number of rotatable bonds is 5. The van der Waals surface area contributed by atoms with Gasteiger partial charge in [0.1, 0.15) is 0 Å². The molecule has 30 heavy (non-hydrogen) atoms. The topological polar surface area (TPSA) is 37.3 Å². The summed E-state index contributed by atoms with van der Waals surface area (Å²) < 4.78 is 2.23. The van der Waals surface area contributed by atoms with E-state index < -0.39 is 0 Å². The van der Waals surface area contributed by atoms with Crippen molar-refractivity contribution in [2.24, 2.45) is 5.92 Å². The zero-order valence-electron chi connectivity index (χ0n) is 17.8. The first kappa shape index (κ1) is 20.6. The maximum absolute atomic E-state index is 13.4. The van der Waals surface area contributed by atoms with Gasteiger partial charge in [0.05, 0.1) is 18.3 Å². The van der Waals surface area contributed by atoms with E-state index >= 15 is 0 Å². The molecule has 0 saturated heterocycles. The fourth-order valence-corrected chi connectivity index (χ4v) is 4.45. The fourth-order valence-electron chi connectivity index (χ4n) is 4.05. The summed E-state index contributed by atoms with van der Waals surface area (Å²) in [6.07, 6.45) is 5.15. The zero-order chi connectivity index (χ0) is 21.1. The molecule has 5 heteroatoms. The molecule has 0 spiro atoms. The number of urea groups is 1. The van der Waals surface area contributed by atoms with Crippen molar-refractivity contribution in [3.8, 4) is 5.69 Å². The molecule has 4 nitrogen and oxygen atoms in total. The van der Waals surface area contributed by atoms with Gasteiger partial charge in [-0.1, -0.05) is 44.2 Å². The minimum atomic E-state index is -0.151. The smallest absolute Gasteiger partial charge is 0.318 e. The Hall–Kier alpha value is -2.66. The molecule has 0 radical (unpaired) electrons. The van der Waals surface area contributed by atoms with Crippen molar-refractivity contribution in [2.75, 3.05) is 12.8 Å². The van der Waals surface area contributed by atoms with E-state index in [4.69, 9.17) is 0 Å². The van der Waals surface area contributed by atoms with E-state index in [2.05, 4.69) is 90.8 Å². The van der Waals surface area contributed by atoms with Crippen molar-refractivity contribution in [1.82, 2.24) is 14.8 Å². The Morgan fingerprint density at radius 1 is 1.10 bits per heavy atom. The molecule has 2 aromatic carbocycles. The monoisotopic (exact) mass is 419 g/mol. The summed E-state index contributed by atoms with van der Waals surface area (Å²) in [5.41, 5.74) is 4.52. The number of thioether (sulfide) groups is 1. The first-order valence-corrected chi connectivity index (χ1v) is 11.7. The van der Waals surface area contributed by atoms with Gasteiger partial charge < -0.3 is 14.8 Å². The van der Waals surface area contributed by atoms with E-state index in [1.165, 1.54) is 4.90 Å². The van der Waals surface area contributed by atoms with Gasteiger partial charge >= 0.3 is 6.03 Å². The van der Waals surface area contributed by atoms with Crippen molar-refractivity contribution in [2.45, 2.75) is 37.8 Å².